The zero-order chi connectivity index (χ0) is 21.9. The first-order chi connectivity index (χ1) is 15.7. The zero-order valence-electron chi connectivity index (χ0n) is 17.5. The molecule has 1 aromatic heterocycles. The number of benzene rings is 3. The molecular weight excluding hydrogens is 398 g/mol. The van der Waals surface area contributed by atoms with Crippen LogP contribution in [-0.2, 0) is 4.79 Å². The molecule has 5 rings (SSSR count). The van der Waals surface area contributed by atoms with Crippen LogP contribution in [0.4, 0.5) is 0 Å². The van der Waals surface area contributed by atoms with E-state index in [1.165, 1.54) is 36.0 Å². The Morgan fingerprint density at radius 2 is 1.69 bits per heavy atom. The van der Waals surface area contributed by atoms with E-state index in [0.29, 0.717) is 5.92 Å². The van der Waals surface area contributed by atoms with Gasteiger partial charge in [-0.25, -0.2) is 4.79 Å². The zero-order valence-corrected chi connectivity index (χ0v) is 17.5. The molecule has 0 spiro atoms. The van der Waals surface area contributed by atoms with Crippen LogP contribution in [0, 0.1) is 5.92 Å². The number of carboxylic acid groups (broad SMARTS) is 1. The van der Waals surface area contributed by atoms with Gasteiger partial charge >= 0.3 is 5.97 Å². The van der Waals surface area contributed by atoms with Crippen LogP contribution in [0.25, 0.3) is 28.3 Å². The van der Waals surface area contributed by atoms with E-state index in [1.54, 1.807) is 6.08 Å². The van der Waals surface area contributed by atoms with E-state index in [-0.39, 0.29) is 0 Å². The number of nitrogens with one attached hydrogen (secondary N) is 1. The molecule has 0 aliphatic heterocycles. The fraction of sp³-hybridized carbons (Fsp3) is 0.148. The predicted octanol–water partition coefficient (Wildman–Crippen LogP) is 5.81. The lowest BCUT2D eigenvalue weighted by molar-refractivity contribution is -0.131. The van der Waals surface area contributed by atoms with Crippen LogP contribution in [0.3, 0.4) is 0 Å². The average Bonchev–Trinajstić information content (AvgIpc) is 3.25. The van der Waals surface area contributed by atoms with Gasteiger partial charge in [-0.15, -0.1) is 5.10 Å². The van der Waals surface area contributed by atoms with Crippen LogP contribution in [-0.4, -0.2) is 26.5 Å². The summed E-state index contributed by atoms with van der Waals surface area (Å²) in [5.41, 5.74) is 8.59. The van der Waals surface area contributed by atoms with E-state index >= 15 is 0 Å². The van der Waals surface area contributed by atoms with Gasteiger partial charge in [-0.3, -0.25) is 5.10 Å². The normalized spacial score (nSPS) is 15.0. The smallest absolute Gasteiger partial charge is 0.328 e. The monoisotopic (exact) mass is 421 g/mol. The van der Waals surface area contributed by atoms with E-state index in [9.17, 15) is 4.79 Å². The highest BCUT2D eigenvalue weighted by Gasteiger charge is 2.27. The molecule has 0 amide bonds. The second-order valence-corrected chi connectivity index (χ2v) is 8.12. The number of aromatic nitrogens is 3. The fourth-order valence-electron chi connectivity index (χ4n) is 4.30. The molecule has 158 valence electrons. The van der Waals surface area contributed by atoms with E-state index in [1.807, 2.05) is 24.3 Å². The highest BCUT2D eigenvalue weighted by molar-refractivity contribution is 6.01. The van der Waals surface area contributed by atoms with Crippen molar-refractivity contribution in [3.63, 3.8) is 0 Å². The second kappa shape index (κ2) is 8.63. The molecule has 0 bridgehead atoms. The number of rotatable bonds is 6. The predicted molar refractivity (Wildman–Crippen MR) is 127 cm³/mol. The summed E-state index contributed by atoms with van der Waals surface area (Å²) in [5.74, 6) is -0.445. The first-order valence-corrected chi connectivity index (χ1v) is 10.8. The third kappa shape index (κ3) is 3.97. The summed E-state index contributed by atoms with van der Waals surface area (Å²) in [6, 6.07) is 24.9. The third-order valence-electron chi connectivity index (χ3n) is 6.10. The molecule has 1 fully saturated rings. The Morgan fingerprint density at radius 1 is 0.938 bits per heavy atom. The number of H-pyrrole nitrogens is 1. The van der Waals surface area contributed by atoms with Crippen molar-refractivity contribution >= 4 is 34.2 Å². The number of carboxylic acids is 1. The molecule has 1 aliphatic carbocycles. The molecule has 0 saturated heterocycles. The Balaban J connectivity index is 1.71. The molecule has 2 N–H and O–H groups in total. The Bertz CT molecular complexity index is 1310. The Labute approximate surface area is 186 Å². The van der Waals surface area contributed by atoms with Crippen LogP contribution in [0.2, 0.25) is 0 Å². The minimum Gasteiger partial charge on any atom is -0.478 e. The lowest BCUT2D eigenvalue weighted by Gasteiger charge is -2.31. The summed E-state index contributed by atoms with van der Waals surface area (Å²) in [4.78, 5) is 10.9. The van der Waals surface area contributed by atoms with Gasteiger partial charge < -0.3 is 5.11 Å². The number of nitrogens with zero attached hydrogens (tertiary/aromatic N) is 2. The molecule has 4 aromatic rings. The lowest BCUT2D eigenvalue weighted by atomic mass is 9.73. The largest absolute Gasteiger partial charge is 0.478 e. The number of hydrogen-bond donors (Lipinski definition) is 2. The Kier molecular flexibility index (Phi) is 5.38. The maximum Gasteiger partial charge on any atom is 0.328 e. The van der Waals surface area contributed by atoms with Gasteiger partial charge in [0.2, 0.25) is 0 Å². The number of aromatic amines is 1. The van der Waals surface area contributed by atoms with Crippen LogP contribution >= 0.6 is 0 Å². The SMILES string of the molecule is O=C(O)C=Cc1ccc(C(=C(c2ccccc2)C2CCC2)c2ccc3[nH]nnc3c2)cc1. The summed E-state index contributed by atoms with van der Waals surface area (Å²) in [5, 5.41) is 20.0. The van der Waals surface area contributed by atoms with Crippen LogP contribution in [0.5, 0.6) is 0 Å². The highest BCUT2D eigenvalue weighted by atomic mass is 16.4. The summed E-state index contributed by atoms with van der Waals surface area (Å²) in [6.45, 7) is 0. The number of fused-ring (bicyclic) bond motifs is 1. The van der Waals surface area contributed by atoms with Crippen molar-refractivity contribution in [3.8, 4) is 0 Å². The Hall–Kier alpha value is -3.99. The maximum absolute atomic E-state index is 10.9. The Morgan fingerprint density at radius 3 is 2.38 bits per heavy atom. The summed E-state index contributed by atoms with van der Waals surface area (Å²) >= 11 is 0. The molecule has 0 unspecified atom stereocenters. The summed E-state index contributed by atoms with van der Waals surface area (Å²) in [6.07, 6.45) is 6.38. The van der Waals surface area contributed by atoms with E-state index in [4.69, 9.17) is 5.11 Å². The van der Waals surface area contributed by atoms with Crippen LogP contribution in [0.1, 0.15) is 41.5 Å². The minimum absolute atomic E-state index is 0.506. The van der Waals surface area contributed by atoms with Crippen molar-refractivity contribution in [3.05, 3.63) is 101 Å². The van der Waals surface area contributed by atoms with Gasteiger partial charge in [-0.2, -0.15) is 0 Å². The number of aliphatic carboxylic acids is 1. The fourth-order valence-corrected chi connectivity index (χ4v) is 4.30. The molecule has 3 aromatic carbocycles. The third-order valence-corrected chi connectivity index (χ3v) is 6.10. The van der Waals surface area contributed by atoms with Crippen molar-refractivity contribution in [1.29, 1.82) is 0 Å². The van der Waals surface area contributed by atoms with Gasteiger partial charge in [0.15, 0.2) is 0 Å². The lowest BCUT2D eigenvalue weighted by Crippen LogP contribution is -2.15. The molecule has 0 radical (unpaired) electrons. The number of carbonyl (C=O) groups is 1. The first kappa shape index (κ1) is 19.9. The van der Waals surface area contributed by atoms with E-state index in [2.05, 4.69) is 63.9 Å². The quantitative estimate of drug-likeness (QED) is 0.304. The highest BCUT2D eigenvalue weighted by Crippen LogP contribution is 2.45. The molecule has 5 nitrogen and oxygen atoms in total. The molecule has 1 saturated carbocycles. The number of allylic oxidation sites excluding steroid dienone is 1. The van der Waals surface area contributed by atoms with E-state index < -0.39 is 5.97 Å². The standard InChI is InChI=1S/C27H23N3O2/c31-25(32)16-11-18-9-12-21(13-10-18)27(22-14-15-23-24(17-22)29-30-28-23)26(20-7-4-8-20)19-5-2-1-3-6-19/h1-3,5-6,9-17,20H,4,7-8H2,(H,31,32)(H,28,29,30). The molecule has 5 heteroatoms. The van der Waals surface area contributed by atoms with Gasteiger partial charge in [0.05, 0.1) is 5.52 Å². The molecule has 1 aliphatic rings. The number of hydrogen-bond acceptors (Lipinski definition) is 3. The van der Waals surface area contributed by atoms with Gasteiger partial charge in [0.25, 0.3) is 0 Å². The molecular formula is C27H23N3O2. The molecule has 0 atom stereocenters. The van der Waals surface area contributed by atoms with Crippen LogP contribution < -0.4 is 0 Å². The van der Waals surface area contributed by atoms with Crippen molar-refractivity contribution in [2.45, 2.75) is 19.3 Å². The van der Waals surface area contributed by atoms with Crippen molar-refractivity contribution in [2.24, 2.45) is 5.92 Å². The average molecular weight is 422 g/mol. The van der Waals surface area contributed by atoms with Crippen molar-refractivity contribution < 1.29 is 9.90 Å². The summed E-state index contributed by atoms with van der Waals surface area (Å²) in [7, 11) is 0. The van der Waals surface area contributed by atoms with Gasteiger partial charge in [-0.1, -0.05) is 72.3 Å². The van der Waals surface area contributed by atoms with Gasteiger partial charge in [0, 0.05) is 6.08 Å². The summed E-state index contributed by atoms with van der Waals surface area (Å²) < 4.78 is 0. The first-order valence-electron chi connectivity index (χ1n) is 10.8. The van der Waals surface area contributed by atoms with Gasteiger partial charge in [0.1, 0.15) is 5.52 Å². The second-order valence-electron chi connectivity index (χ2n) is 8.12. The maximum atomic E-state index is 10.9. The minimum atomic E-state index is -0.952. The van der Waals surface area contributed by atoms with Crippen molar-refractivity contribution in [2.75, 3.05) is 0 Å². The topological polar surface area (TPSA) is 78.9 Å². The van der Waals surface area contributed by atoms with Gasteiger partial charge in [-0.05, 0) is 70.4 Å². The molecule has 32 heavy (non-hydrogen) atoms. The van der Waals surface area contributed by atoms with Crippen molar-refractivity contribution in [1.82, 2.24) is 15.4 Å². The van der Waals surface area contributed by atoms with Crippen LogP contribution in [0.15, 0.2) is 78.9 Å². The molecule has 1 heterocycles. The van der Waals surface area contributed by atoms with E-state index in [0.717, 1.165) is 33.8 Å².